The van der Waals surface area contributed by atoms with E-state index in [4.69, 9.17) is 0 Å². The van der Waals surface area contributed by atoms with Crippen LogP contribution in [0.4, 0.5) is 0 Å². The number of thiophene rings is 2. The molecule has 96 valence electrons. The normalized spacial score (nSPS) is 10.7. The average molecular weight is 284 g/mol. The molecule has 0 bridgehead atoms. The third-order valence-electron chi connectivity index (χ3n) is 2.54. The first-order valence-corrected chi connectivity index (χ1v) is 8.04. The van der Waals surface area contributed by atoms with Crippen molar-refractivity contribution >= 4 is 28.7 Å². The molecule has 0 fully saturated rings. The molecule has 0 N–H and O–H groups in total. The molecule has 1 aromatic carbocycles. The van der Waals surface area contributed by atoms with Gasteiger partial charge in [0, 0.05) is 0 Å². The number of rotatable bonds is 0. The summed E-state index contributed by atoms with van der Waals surface area (Å²) in [5.41, 5.74) is 2.84. The minimum atomic E-state index is 1.12. The van der Waals surface area contributed by atoms with Gasteiger partial charge in [-0.3, -0.25) is 0 Å². The summed E-state index contributed by atoms with van der Waals surface area (Å²) in [6, 6.07) is 16.6. The summed E-state index contributed by atoms with van der Waals surface area (Å²) < 4.78 is 0. The van der Waals surface area contributed by atoms with Crippen molar-refractivity contribution < 1.29 is 0 Å². The van der Waals surface area contributed by atoms with Gasteiger partial charge < -0.3 is 0 Å². The molecular weight excluding hydrogens is 268 g/mol. The summed E-state index contributed by atoms with van der Waals surface area (Å²) in [5, 5.41) is 8.17. The molecule has 4 rings (SSSR count). The van der Waals surface area contributed by atoms with Crippen molar-refractivity contribution in [2.75, 3.05) is 0 Å². The second-order valence-corrected chi connectivity index (χ2v) is 5.52. The fourth-order valence-corrected chi connectivity index (χ4v) is 2.56. The second kappa shape index (κ2) is 8.46. The van der Waals surface area contributed by atoms with Crippen molar-refractivity contribution in [1.82, 2.24) is 0 Å². The molecule has 2 heterocycles. The third kappa shape index (κ3) is 5.25. The van der Waals surface area contributed by atoms with E-state index in [0.717, 1.165) is 6.42 Å². The van der Waals surface area contributed by atoms with Crippen molar-refractivity contribution in [1.29, 1.82) is 0 Å². The Kier molecular flexibility index (Phi) is 6.14. The van der Waals surface area contributed by atoms with E-state index in [-0.39, 0.29) is 0 Å². The van der Waals surface area contributed by atoms with Gasteiger partial charge in [0.15, 0.2) is 0 Å². The molecule has 0 spiro atoms. The van der Waals surface area contributed by atoms with Gasteiger partial charge in [0.2, 0.25) is 0 Å². The molecule has 1 aliphatic carbocycles. The largest absolute Gasteiger partial charge is 0.152 e. The van der Waals surface area contributed by atoms with E-state index >= 15 is 0 Å². The van der Waals surface area contributed by atoms with Gasteiger partial charge >= 0.3 is 0 Å². The Morgan fingerprint density at radius 2 is 1.26 bits per heavy atom. The lowest BCUT2D eigenvalue weighted by atomic mass is 10.1. The molecule has 1 aliphatic rings. The topological polar surface area (TPSA) is 0 Å². The predicted octanol–water partition coefficient (Wildman–Crippen LogP) is 5.75. The van der Waals surface area contributed by atoms with Gasteiger partial charge in [-0.2, -0.15) is 22.7 Å². The van der Waals surface area contributed by atoms with E-state index in [1.165, 1.54) is 11.1 Å². The zero-order valence-corrected chi connectivity index (χ0v) is 12.2. The molecule has 3 aromatic rings. The van der Waals surface area contributed by atoms with Gasteiger partial charge in [-0.25, -0.2) is 0 Å². The Morgan fingerprint density at radius 3 is 1.74 bits per heavy atom. The molecule has 0 unspecified atom stereocenters. The number of fused-ring (bicyclic) bond motifs is 1. The highest BCUT2D eigenvalue weighted by atomic mass is 32.1. The highest BCUT2D eigenvalue weighted by Gasteiger charge is 2.00. The molecule has 2 heteroatoms. The quantitative estimate of drug-likeness (QED) is 0.493. The van der Waals surface area contributed by atoms with Crippen LogP contribution in [0, 0.1) is 0 Å². The van der Waals surface area contributed by atoms with Crippen LogP contribution < -0.4 is 0 Å². The maximum Gasteiger partial charge on any atom is -0.00882 e. The Labute approximate surface area is 122 Å². The zero-order valence-electron chi connectivity index (χ0n) is 10.6. The minimum Gasteiger partial charge on any atom is -0.152 e. The van der Waals surface area contributed by atoms with Crippen molar-refractivity contribution in [3.63, 3.8) is 0 Å². The number of hydrogen-bond donors (Lipinski definition) is 0. The molecular formula is C17H16S2. The molecule has 19 heavy (non-hydrogen) atoms. The van der Waals surface area contributed by atoms with Crippen molar-refractivity contribution in [2.45, 2.75) is 6.42 Å². The third-order valence-corrected chi connectivity index (χ3v) is 3.80. The Bertz CT molecular complexity index is 502. The monoisotopic (exact) mass is 284 g/mol. The maximum absolute atomic E-state index is 2.20. The SMILES string of the molecule is C1=Cc2ccccc2C1.c1ccsc1.c1ccsc1. The molecule has 0 saturated carbocycles. The second-order valence-electron chi connectivity index (χ2n) is 3.89. The van der Waals surface area contributed by atoms with Crippen LogP contribution in [-0.2, 0) is 6.42 Å². The Balaban J connectivity index is 0.000000114. The first kappa shape index (κ1) is 13.8. The summed E-state index contributed by atoms with van der Waals surface area (Å²) in [6.07, 6.45) is 5.50. The van der Waals surface area contributed by atoms with E-state index in [1.54, 1.807) is 22.7 Å². The fourth-order valence-electron chi connectivity index (χ4n) is 1.65. The summed E-state index contributed by atoms with van der Waals surface area (Å²) in [5.74, 6) is 0. The van der Waals surface area contributed by atoms with Crippen LogP contribution in [0.2, 0.25) is 0 Å². The van der Waals surface area contributed by atoms with Crippen LogP contribution in [0.1, 0.15) is 11.1 Å². The molecule has 0 atom stereocenters. The van der Waals surface area contributed by atoms with Gasteiger partial charge in [0.05, 0.1) is 0 Å². The van der Waals surface area contributed by atoms with Crippen LogP contribution in [0.3, 0.4) is 0 Å². The summed E-state index contributed by atoms with van der Waals surface area (Å²) in [7, 11) is 0. The standard InChI is InChI=1S/C9H8.2C4H4S/c1-2-5-9-7-3-6-8(9)4-1;2*1-2-4-5-3-1/h1-6H,7H2;2*1-4H. The van der Waals surface area contributed by atoms with Crippen LogP contribution in [-0.4, -0.2) is 0 Å². The van der Waals surface area contributed by atoms with Crippen LogP contribution in [0.15, 0.2) is 76.1 Å². The number of benzene rings is 1. The van der Waals surface area contributed by atoms with E-state index in [2.05, 4.69) is 36.4 Å². The van der Waals surface area contributed by atoms with E-state index < -0.39 is 0 Å². The van der Waals surface area contributed by atoms with Crippen molar-refractivity contribution in [3.8, 4) is 0 Å². The highest BCUT2D eigenvalue weighted by molar-refractivity contribution is 7.08. The van der Waals surface area contributed by atoms with Gasteiger partial charge in [0.1, 0.15) is 0 Å². The highest BCUT2D eigenvalue weighted by Crippen LogP contribution is 2.17. The van der Waals surface area contributed by atoms with Gasteiger partial charge in [0.25, 0.3) is 0 Å². The molecule has 2 aromatic heterocycles. The first-order chi connectivity index (χ1) is 9.47. The Hall–Kier alpha value is -1.64. The fraction of sp³-hybridized carbons (Fsp3) is 0.0588. The van der Waals surface area contributed by atoms with Gasteiger partial charge in [-0.1, -0.05) is 60.7 Å². The first-order valence-electron chi connectivity index (χ1n) is 6.15. The molecule has 0 aliphatic heterocycles. The number of allylic oxidation sites excluding steroid dienone is 1. The molecule has 0 saturated heterocycles. The van der Waals surface area contributed by atoms with Crippen molar-refractivity contribution in [3.05, 3.63) is 87.3 Å². The van der Waals surface area contributed by atoms with Gasteiger partial charge in [-0.05, 0) is 39.1 Å². The lowest BCUT2D eigenvalue weighted by Gasteiger charge is -1.93. The summed E-state index contributed by atoms with van der Waals surface area (Å²) in [6.45, 7) is 0. The maximum atomic E-state index is 2.20. The van der Waals surface area contributed by atoms with E-state index in [0.29, 0.717) is 0 Å². The van der Waals surface area contributed by atoms with Crippen LogP contribution in [0.5, 0.6) is 0 Å². The van der Waals surface area contributed by atoms with Crippen LogP contribution in [0.25, 0.3) is 6.08 Å². The number of hydrogen-bond acceptors (Lipinski definition) is 2. The lowest BCUT2D eigenvalue weighted by Crippen LogP contribution is -1.76. The molecule has 0 nitrogen and oxygen atoms in total. The van der Waals surface area contributed by atoms with Crippen LogP contribution >= 0.6 is 22.7 Å². The summed E-state index contributed by atoms with van der Waals surface area (Å²) >= 11 is 3.43. The Morgan fingerprint density at radius 1 is 0.684 bits per heavy atom. The molecule has 0 amide bonds. The van der Waals surface area contributed by atoms with E-state index in [9.17, 15) is 0 Å². The smallest absolute Gasteiger partial charge is 0.00882 e. The zero-order chi connectivity index (χ0) is 13.2. The predicted molar refractivity (Wildman–Crippen MR) is 87.8 cm³/mol. The van der Waals surface area contributed by atoms with E-state index in [1.807, 2.05) is 45.8 Å². The van der Waals surface area contributed by atoms with Gasteiger partial charge in [-0.15, -0.1) is 0 Å². The van der Waals surface area contributed by atoms with Crippen molar-refractivity contribution in [2.24, 2.45) is 0 Å². The average Bonchev–Trinajstić information content (AvgIpc) is 3.22. The summed E-state index contributed by atoms with van der Waals surface area (Å²) in [4.78, 5) is 0. The lowest BCUT2D eigenvalue weighted by molar-refractivity contribution is 1.31. The minimum absolute atomic E-state index is 1.12. The molecule has 0 radical (unpaired) electrons.